The Morgan fingerprint density at radius 3 is 2.52 bits per heavy atom. The van der Waals surface area contributed by atoms with Gasteiger partial charge in [0, 0.05) is 10.4 Å². The van der Waals surface area contributed by atoms with Gasteiger partial charge in [-0.05, 0) is 19.3 Å². The van der Waals surface area contributed by atoms with Gasteiger partial charge >= 0.3 is 5.97 Å². The number of carboxylic acids is 1. The van der Waals surface area contributed by atoms with Gasteiger partial charge < -0.3 is 10.4 Å². The minimum Gasteiger partial charge on any atom is -0.481 e. The van der Waals surface area contributed by atoms with Crippen molar-refractivity contribution in [2.75, 3.05) is 5.32 Å². The van der Waals surface area contributed by atoms with Gasteiger partial charge in [-0.3, -0.25) is 9.59 Å². The number of aliphatic carboxylic acids is 1. The zero-order valence-corrected chi connectivity index (χ0v) is 15.0. The summed E-state index contributed by atoms with van der Waals surface area (Å²) < 4.78 is 0. The van der Waals surface area contributed by atoms with Crippen molar-refractivity contribution in [2.24, 2.45) is 11.8 Å². The summed E-state index contributed by atoms with van der Waals surface area (Å²) in [7, 11) is 0. The standard InChI is InChI=1S/C19H22N2O3S/c1-2-15-16(12-8-4-3-5-9-12)20-19(25-15)21-17(22)13-10-6-7-11-14(13)18(23)24/h3-5,8-9,13-14H,2,6-7,10-11H2,1H3,(H,23,24)(H,20,21,22)/t13-,14-/m0/s1. The van der Waals surface area contributed by atoms with Crippen molar-refractivity contribution in [3.8, 4) is 11.3 Å². The van der Waals surface area contributed by atoms with Crippen LogP contribution >= 0.6 is 11.3 Å². The SMILES string of the molecule is CCc1sc(NC(=O)[C@H]2CCCC[C@@H]2C(=O)O)nc1-c1ccccc1. The molecule has 132 valence electrons. The van der Waals surface area contributed by atoms with Crippen molar-refractivity contribution in [3.63, 3.8) is 0 Å². The summed E-state index contributed by atoms with van der Waals surface area (Å²) in [4.78, 5) is 29.7. The molecule has 2 aromatic rings. The zero-order chi connectivity index (χ0) is 17.8. The molecule has 3 rings (SSSR count). The molecule has 6 heteroatoms. The van der Waals surface area contributed by atoms with Gasteiger partial charge in [0.1, 0.15) is 0 Å². The van der Waals surface area contributed by atoms with Crippen molar-refractivity contribution in [3.05, 3.63) is 35.2 Å². The molecule has 0 radical (unpaired) electrons. The van der Waals surface area contributed by atoms with E-state index in [1.54, 1.807) is 0 Å². The van der Waals surface area contributed by atoms with Crippen LogP contribution in [0.25, 0.3) is 11.3 Å². The average Bonchev–Trinajstić information content (AvgIpc) is 3.05. The number of aromatic nitrogens is 1. The number of aryl methyl sites for hydroxylation is 1. The molecule has 1 heterocycles. The number of anilines is 1. The van der Waals surface area contributed by atoms with E-state index in [1.807, 2.05) is 30.3 Å². The lowest BCUT2D eigenvalue weighted by atomic mass is 9.79. The number of nitrogens with zero attached hydrogens (tertiary/aromatic N) is 1. The lowest BCUT2D eigenvalue weighted by Crippen LogP contribution is -2.36. The first-order chi connectivity index (χ1) is 12.1. The fourth-order valence-electron chi connectivity index (χ4n) is 3.40. The van der Waals surface area contributed by atoms with Gasteiger partial charge in [0.05, 0.1) is 17.5 Å². The Bertz CT molecular complexity index is 757. The van der Waals surface area contributed by atoms with Gasteiger partial charge in [-0.25, -0.2) is 4.98 Å². The topological polar surface area (TPSA) is 79.3 Å². The maximum absolute atomic E-state index is 12.6. The van der Waals surface area contributed by atoms with E-state index in [4.69, 9.17) is 0 Å². The van der Waals surface area contributed by atoms with Crippen LogP contribution in [0, 0.1) is 11.8 Å². The van der Waals surface area contributed by atoms with Gasteiger partial charge in [0.15, 0.2) is 5.13 Å². The predicted octanol–water partition coefficient (Wildman–Crippen LogP) is 4.20. The number of amides is 1. The van der Waals surface area contributed by atoms with Crippen LogP contribution in [-0.2, 0) is 16.0 Å². The molecule has 0 aliphatic heterocycles. The van der Waals surface area contributed by atoms with E-state index in [0.717, 1.165) is 35.4 Å². The molecule has 25 heavy (non-hydrogen) atoms. The van der Waals surface area contributed by atoms with Gasteiger partial charge in [0.25, 0.3) is 0 Å². The molecule has 1 aromatic heterocycles. The van der Waals surface area contributed by atoms with Crippen LogP contribution in [0.4, 0.5) is 5.13 Å². The first-order valence-electron chi connectivity index (χ1n) is 8.69. The van der Waals surface area contributed by atoms with Gasteiger partial charge in [-0.1, -0.05) is 50.1 Å². The number of carbonyl (C=O) groups is 2. The first-order valence-corrected chi connectivity index (χ1v) is 9.50. The second-order valence-electron chi connectivity index (χ2n) is 6.34. The van der Waals surface area contributed by atoms with Crippen LogP contribution in [0.5, 0.6) is 0 Å². The molecule has 2 N–H and O–H groups in total. The van der Waals surface area contributed by atoms with Crippen LogP contribution in [0.15, 0.2) is 30.3 Å². The first kappa shape index (κ1) is 17.6. The number of thiazole rings is 1. The number of rotatable bonds is 5. The van der Waals surface area contributed by atoms with Crippen molar-refractivity contribution in [1.29, 1.82) is 0 Å². The smallest absolute Gasteiger partial charge is 0.307 e. The minimum absolute atomic E-state index is 0.219. The van der Waals surface area contributed by atoms with E-state index in [9.17, 15) is 14.7 Å². The van der Waals surface area contributed by atoms with Crippen molar-refractivity contribution in [1.82, 2.24) is 4.98 Å². The van der Waals surface area contributed by atoms with E-state index < -0.39 is 17.8 Å². The Balaban J connectivity index is 1.80. The Hall–Kier alpha value is -2.21. The highest BCUT2D eigenvalue weighted by Crippen LogP contribution is 2.34. The molecule has 1 saturated carbocycles. The third-order valence-corrected chi connectivity index (χ3v) is 5.83. The minimum atomic E-state index is -0.877. The molecule has 5 nitrogen and oxygen atoms in total. The maximum atomic E-state index is 12.6. The molecule has 0 saturated heterocycles. The normalized spacial score (nSPS) is 20.2. The van der Waals surface area contributed by atoms with Gasteiger partial charge in [-0.15, -0.1) is 11.3 Å². The molecule has 1 aromatic carbocycles. The Kier molecular flexibility index (Phi) is 5.48. The molecule has 1 aliphatic carbocycles. The van der Waals surface area contributed by atoms with Crippen molar-refractivity contribution < 1.29 is 14.7 Å². The Morgan fingerprint density at radius 1 is 1.20 bits per heavy atom. The summed E-state index contributed by atoms with van der Waals surface area (Å²) in [5.74, 6) is -2.16. The third-order valence-electron chi connectivity index (χ3n) is 4.72. The van der Waals surface area contributed by atoms with E-state index in [0.29, 0.717) is 18.0 Å². The highest BCUT2D eigenvalue weighted by molar-refractivity contribution is 7.16. The number of nitrogens with one attached hydrogen (secondary N) is 1. The van der Waals surface area contributed by atoms with Crippen molar-refractivity contribution >= 4 is 28.3 Å². The fourth-order valence-corrected chi connectivity index (χ4v) is 4.33. The molecule has 1 fully saturated rings. The lowest BCUT2D eigenvalue weighted by Gasteiger charge is -2.26. The molecule has 1 aliphatic rings. The predicted molar refractivity (Wildman–Crippen MR) is 98.6 cm³/mol. The number of carboxylic acid groups (broad SMARTS) is 1. The van der Waals surface area contributed by atoms with Crippen LogP contribution in [-0.4, -0.2) is 22.0 Å². The second-order valence-corrected chi connectivity index (χ2v) is 7.42. The third kappa shape index (κ3) is 3.90. The molecule has 2 atom stereocenters. The summed E-state index contributed by atoms with van der Waals surface area (Å²) in [6.07, 6.45) is 3.80. The van der Waals surface area contributed by atoms with Crippen LogP contribution in [0.3, 0.4) is 0 Å². The monoisotopic (exact) mass is 358 g/mol. The molecule has 0 bridgehead atoms. The number of hydrogen-bond donors (Lipinski definition) is 2. The zero-order valence-electron chi connectivity index (χ0n) is 14.2. The molecule has 0 spiro atoms. The molecular formula is C19H22N2O3S. The number of benzene rings is 1. The molecular weight excluding hydrogens is 336 g/mol. The lowest BCUT2D eigenvalue weighted by molar-refractivity contribution is -0.147. The Labute approximate surface area is 151 Å². The van der Waals surface area contributed by atoms with E-state index in [2.05, 4.69) is 17.2 Å². The quantitative estimate of drug-likeness (QED) is 0.839. The van der Waals surface area contributed by atoms with Gasteiger partial charge in [0.2, 0.25) is 5.91 Å². The summed E-state index contributed by atoms with van der Waals surface area (Å²) >= 11 is 1.47. The second kappa shape index (κ2) is 7.78. The summed E-state index contributed by atoms with van der Waals surface area (Å²) in [6, 6.07) is 9.89. The summed E-state index contributed by atoms with van der Waals surface area (Å²) in [5, 5.41) is 12.8. The number of hydrogen-bond acceptors (Lipinski definition) is 4. The van der Waals surface area contributed by atoms with E-state index in [1.165, 1.54) is 11.3 Å². The largest absolute Gasteiger partial charge is 0.481 e. The fraction of sp³-hybridized carbons (Fsp3) is 0.421. The summed E-state index contributed by atoms with van der Waals surface area (Å²) in [6.45, 7) is 2.06. The van der Waals surface area contributed by atoms with Crippen LogP contribution in [0.1, 0.15) is 37.5 Å². The molecule has 0 unspecified atom stereocenters. The highest BCUT2D eigenvalue weighted by Gasteiger charge is 2.36. The highest BCUT2D eigenvalue weighted by atomic mass is 32.1. The molecule has 1 amide bonds. The number of carbonyl (C=O) groups excluding carboxylic acids is 1. The average molecular weight is 358 g/mol. The Morgan fingerprint density at radius 2 is 1.88 bits per heavy atom. The van der Waals surface area contributed by atoms with E-state index in [-0.39, 0.29) is 5.91 Å². The van der Waals surface area contributed by atoms with Crippen LogP contribution < -0.4 is 5.32 Å². The summed E-state index contributed by atoms with van der Waals surface area (Å²) in [5.41, 5.74) is 1.92. The maximum Gasteiger partial charge on any atom is 0.307 e. The van der Waals surface area contributed by atoms with Crippen LogP contribution in [0.2, 0.25) is 0 Å². The van der Waals surface area contributed by atoms with Crippen molar-refractivity contribution in [2.45, 2.75) is 39.0 Å². The van der Waals surface area contributed by atoms with E-state index >= 15 is 0 Å². The van der Waals surface area contributed by atoms with Gasteiger partial charge in [-0.2, -0.15) is 0 Å².